The summed E-state index contributed by atoms with van der Waals surface area (Å²) in [5.74, 6) is 0.889. The van der Waals surface area contributed by atoms with Gasteiger partial charge in [0.25, 0.3) is 0 Å². The van der Waals surface area contributed by atoms with Gasteiger partial charge >= 0.3 is 0 Å². The fourth-order valence-corrected chi connectivity index (χ4v) is 3.14. The van der Waals surface area contributed by atoms with Crippen LogP contribution in [0, 0.1) is 5.92 Å². The Hall–Kier alpha value is -1.15. The van der Waals surface area contributed by atoms with E-state index in [0.717, 1.165) is 37.7 Å². The lowest BCUT2D eigenvalue weighted by atomic mass is 9.75. The summed E-state index contributed by atoms with van der Waals surface area (Å²) in [6, 6.07) is 8.02. The molecule has 0 saturated heterocycles. The molecule has 1 aromatic rings. The van der Waals surface area contributed by atoms with Crippen molar-refractivity contribution in [1.82, 2.24) is 0 Å². The average Bonchev–Trinajstić information content (AvgIpc) is 2.49. The van der Waals surface area contributed by atoms with Gasteiger partial charge in [-0.3, -0.25) is 4.79 Å². The number of hydrogen-bond acceptors (Lipinski definition) is 2. The molecule has 0 unspecified atom stereocenters. The number of ether oxygens (including phenoxy) is 1. The number of aryl methyl sites for hydroxylation is 1. The van der Waals surface area contributed by atoms with Gasteiger partial charge in [-0.15, -0.1) is 0 Å². The Morgan fingerprint density at radius 1 is 1.30 bits per heavy atom. The van der Waals surface area contributed by atoms with E-state index in [9.17, 15) is 4.79 Å². The normalized spacial score (nSPS) is 26.4. The van der Waals surface area contributed by atoms with Crippen LogP contribution in [0.25, 0.3) is 0 Å². The van der Waals surface area contributed by atoms with Crippen LogP contribution in [0.1, 0.15) is 62.4 Å². The highest BCUT2D eigenvalue weighted by molar-refractivity contribution is 6.02. The van der Waals surface area contributed by atoms with Crippen molar-refractivity contribution < 1.29 is 9.53 Å². The van der Waals surface area contributed by atoms with Crippen molar-refractivity contribution in [3.05, 3.63) is 35.4 Å². The summed E-state index contributed by atoms with van der Waals surface area (Å²) < 4.78 is 5.96. The van der Waals surface area contributed by atoms with Gasteiger partial charge in [0.2, 0.25) is 0 Å². The molecule has 1 fully saturated rings. The van der Waals surface area contributed by atoms with E-state index in [1.165, 1.54) is 5.56 Å². The van der Waals surface area contributed by atoms with Crippen LogP contribution >= 0.6 is 0 Å². The van der Waals surface area contributed by atoms with E-state index < -0.39 is 5.60 Å². The molecule has 1 aromatic carbocycles. The molecule has 0 amide bonds. The molecular weight excluding hydrogens is 248 g/mol. The topological polar surface area (TPSA) is 26.3 Å². The van der Waals surface area contributed by atoms with E-state index in [2.05, 4.69) is 19.9 Å². The molecule has 0 heterocycles. The van der Waals surface area contributed by atoms with Crippen molar-refractivity contribution in [2.75, 3.05) is 6.61 Å². The average molecular weight is 274 g/mol. The van der Waals surface area contributed by atoms with Crippen LogP contribution < -0.4 is 0 Å². The number of benzene rings is 1. The molecule has 20 heavy (non-hydrogen) atoms. The van der Waals surface area contributed by atoms with Gasteiger partial charge in [0.05, 0.1) is 0 Å². The number of carbonyl (C=O) groups excluding carboxylic acids is 1. The zero-order valence-corrected chi connectivity index (χ0v) is 12.9. The van der Waals surface area contributed by atoms with Crippen LogP contribution in [0.3, 0.4) is 0 Å². The molecule has 1 saturated carbocycles. The predicted molar refractivity (Wildman–Crippen MR) is 82.1 cm³/mol. The van der Waals surface area contributed by atoms with Crippen LogP contribution in [0.2, 0.25) is 0 Å². The number of Topliss-reactive ketones (excluding diaryl/α,β-unsaturated/α-hetero) is 1. The van der Waals surface area contributed by atoms with E-state index in [-0.39, 0.29) is 5.78 Å². The highest BCUT2D eigenvalue weighted by Gasteiger charge is 2.42. The third kappa shape index (κ3) is 3.12. The monoisotopic (exact) mass is 274 g/mol. The summed E-state index contributed by atoms with van der Waals surface area (Å²) >= 11 is 0. The lowest BCUT2D eigenvalue weighted by molar-refractivity contribution is -0.0474. The molecule has 2 rings (SSSR count). The fraction of sp³-hybridized carbons (Fsp3) is 0.611. The second-order valence-electron chi connectivity index (χ2n) is 5.99. The SMILES string of the molecule is CCOC1(C(=O)c2cccc(CC)c2)CCC(C)CC1. The molecule has 0 radical (unpaired) electrons. The zero-order chi connectivity index (χ0) is 14.6. The maximum absolute atomic E-state index is 13.0. The Labute approximate surface area is 122 Å². The Morgan fingerprint density at radius 3 is 2.60 bits per heavy atom. The first-order chi connectivity index (χ1) is 9.61. The molecule has 110 valence electrons. The highest BCUT2D eigenvalue weighted by Crippen LogP contribution is 2.37. The van der Waals surface area contributed by atoms with Crippen molar-refractivity contribution in [2.24, 2.45) is 5.92 Å². The van der Waals surface area contributed by atoms with Crippen LogP contribution in [-0.2, 0) is 11.2 Å². The Balaban J connectivity index is 2.26. The van der Waals surface area contributed by atoms with Gasteiger partial charge in [0.15, 0.2) is 5.78 Å². The predicted octanol–water partition coefficient (Wildman–Crippen LogP) is 4.42. The minimum atomic E-state index is -0.576. The van der Waals surface area contributed by atoms with Crippen molar-refractivity contribution in [3.8, 4) is 0 Å². The lowest BCUT2D eigenvalue weighted by Gasteiger charge is -2.38. The van der Waals surface area contributed by atoms with Gasteiger partial charge < -0.3 is 4.74 Å². The molecule has 0 N–H and O–H groups in total. The molecule has 1 aliphatic carbocycles. The van der Waals surface area contributed by atoms with E-state index >= 15 is 0 Å². The highest BCUT2D eigenvalue weighted by atomic mass is 16.5. The van der Waals surface area contributed by atoms with E-state index in [4.69, 9.17) is 4.74 Å². The lowest BCUT2D eigenvalue weighted by Crippen LogP contribution is -2.44. The Morgan fingerprint density at radius 2 is 2.00 bits per heavy atom. The van der Waals surface area contributed by atoms with Gasteiger partial charge in [-0.25, -0.2) is 0 Å². The smallest absolute Gasteiger partial charge is 0.194 e. The minimum Gasteiger partial charge on any atom is -0.367 e. The number of hydrogen-bond donors (Lipinski definition) is 0. The minimum absolute atomic E-state index is 0.182. The van der Waals surface area contributed by atoms with Gasteiger partial charge in [0.1, 0.15) is 5.60 Å². The standard InChI is InChI=1S/C18H26O2/c1-4-15-7-6-8-16(13-15)17(19)18(20-5-2)11-9-14(3)10-12-18/h6-8,13-14H,4-5,9-12H2,1-3H3. The number of ketones is 1. The molecule has 2 heteroatoms. The van der Waals surface area contributed by atoms with Gasteiger partial charge in [-0.05, 0) is 56.6 Å². The zero-order valence-electron chi connectivity index (χ0n) is 12.9. The molecule has 0 spiro atoms. The van der Waals surface area contributed by atoms with Gasteiger partial charge in [-0.1, -0.05) is 32.0 Å². The number of carbonyl (C=O) groups is 1. The summed E-state index contributed by atoms with van der Waals surface area (Å²) in [5, 5.41) is 0. The molecule has 1 aliphatic rings. The second-order valence-corrected chi connectivity index (χ2v) is 5.99. The van der Waals surface area contributed by atoms with Crippen LogP contribution in [0.5, 0.6) is 0 Å². The van der Waals surface area contributed by atoms with Crippen LogP contribution in [0.4, 0.5) is 0 Å². The fourth-order valence-electron chi connectivity index (χ4n) is 3.14. The summed E-state index contributed by atoms with van der Waals surface area (Å²) in [4.78, 5) is 13.0. The molecular formula is C18H26O2. The first kappa shape index (κ1) is 15.2. The Bertz CT molecular complexity index is 456. The second kappa shape index (κ2) is 6.53. The third-order valence-electron chi connectivity index (χ3n) is 4.51. The van der Waals surface area contributed by atoms with Crippen molar-refractivity contribution in [2.45, 2.75) is 58.5 Å². The summed E-state index contributed by atoms with van der Waals surface area (Å²) in [7, 11) is 0. The maximum Gasteiger partial charge on any atom is 0.194 e. The van der Waals surface area contributed by atoms with E-state index in [0.29, 0.717) is 12.5 Å². The van der Waals surface area contributed by atoms with E-state index in [1.807, 2.05) is 25.1 Å². The van der Waals surface area contributed by atoms with Crippen LogP contribution in [0.15, 0.2) is 24.3 Å². The van der Waals surface area contributed by atoms with Crippen molar-refractivity contribution in [1.29, 1.82) is 0 Å². The van der Waals surface area contributed by atoms with E-state index in [1.54, 1.807) is 0 Å². The summed E-state index contributed by atoms with van der Waals surface area (Å²) in [6.45, 7) is 6.96. The third-order valence-corrected chi connectivity index (χ3v) is 4.51. The first-order valence-electron chi connectivity index (χ1n) is 7.89. The number of rotatable bonds is 5. The van der Waals surface area contributed by atoms with Crippen molar-refractivity contribution in [3.63, 3.8) is 0 Å². The maximum atomic E-state index is 13.0. The molecule has 0 aliphatic heterocycles. The quantitative estimate of drug-likeness (QED) is 0.743. The summed E-state index contributed by atoms with van der Waals surface area (Å²) in [6.07, 6.45) is 4.84. The first-order valence-corrected chi connectivity index (χ1v) is 7.89. The van der Waals surface area contributed by atoms with Crippen LogP contribution in [-0.4, -0.2) is 18.0 Å². The molecule has 0 aromatic heterocycles. The largest absolute Gasteiger partial charge is 0.367 e. The van der Waals surface area contributed by atoms with Gasteiger partial charge in [0, 0.05) is 12.2 Å². The van der Waals surface area contributed by atoms with Gasteiger partial charge in [-0.2, -0.15) is 0 Å². The van der Waals surface area contributed by atoms with Crippen molar-refractivity contribution >= 4 is 5.78 Å². The molecule has 0 atom stereocenters. The Kier molecular flexibility index (Phi) is 4.98. The molecule has 0 bridgehead atoms. The summed E-state index contributed by atoms with van der Waals surface area (Å²) in [5.41, 5.74) is 1.45. The molecule has 2 nitrogen and oxygen atoms in total.